The molecule has 0 bridgehead atoms. The van der Waals surface area contributed by atoms with Gasteiger partial charge >= 0.3 is 11.9 Å². The Morgan fingerprint density at radius 3 is 1.73 bits per heavy atom. The van der Waals surface area contributed by atoms with Crippen LogP contribution in [0.1, 0.15) is 19.3 Å². The van der Waals surface area contributed by atoms with Gasteiger partial charge in [-0.2, -0.15) is 0 Å². The van der Waals surface area contributed by atoms with Crippen LogP contribution in [0.4, 0.5) is 0 Å². The minimum atomic E-state index is -0.632. The zero-order chi connectivity index (χ0) is 11.4. The minimum absolute atomic E-state index is 0.361. The van der Waals surface area contributed by atoms with Crippen molar-refractivity contribution in [3.63, 3.8) is 0 Å². The summed E-state index contributed by atoms with van der Waals surface area (Å²) in [6.45, 7) is 0. The van der Waals surface area contributed by atoms with Gasteiger partial charge in [-0.3, -0.25) is 9.59 Å². The van der Waals surface area contributed by atoms with Crippen LogP contribution >= 0.6 is 0 Å². The normalized spacial score (nSPS) is 30.7. The quantitative estimate of drug-likeness (QED) is 0.663. The van der Waals surface area contributed by atoms with Gasteiger partial charge in [0.25, 0.3) is 0 Å². The molecule has 86 valence electrons. The fourth-order valence-corrected chi connectivity index (χ4v) is 2.01. The number of aliphatic hydroxyl groups is 1. The molecule has 1 fully saturated rings. The summed E-state index contributed by atoms with van der Waals surface area (Å²) in [6, 6.07) is 0. The van der Waals surface area contributed by atoms with Gasteiger partial charge in [-0.1, -0.05) is 0 Å². The van der Waals surface area contributed by atoms with Crippen LogP contribution < -0.4 is 0 Å². The zero-order valence-electron chi connectivity index (χ0n) is 8.93. The van der Waals surface area contributed by atoms with Crippen molar-refractivity contribution in [2.75, 3.05) is 14.2 Å². The predicted molar refractivity (Wildman–Crippen MR) is 50.9 cm³/mol. The Morgan fingerprint density at radius 2 is 1.40 bits per heavy atom. The molecule has 0 spiro atoms. The van der Waals surface area contributed by atoms with E-state index < -0.39 is 17.9 Å². The molecular weight excluding hydrogens is 200 g/mol. The molecule has 1 aliphatic carbocycles. The predicted octanol–water partition coefficient (Wildman–Crippen LogP) is 0.110. The number of hydrogen-bond donors (Lipinski definition) is 1. The summed E-state index contributed by atoms with van der Waals surface area (Å²) >= 11 is 0. The minimum Gasteiger partial charge on any atom is -0.469 e. The van der Waals surface area contributed by atoms with Gasteiger partial charge in [0.1, 0.15) is 0 Å². The van der Waals surface area contributed by atoms with Crippen molar-refractivity contribution in [3.8, 4) is 0 Å². The topological polar surface area (TPSA) is 72.8 Å². The summed E-state index contributed by atoms with van der Waals surface area (Å²) in [7, 11) is 2.60. The van der Waals surface area contributed by atoms with Crippen molar-refractivity contribution in [1.29, 1.82) is 0 Å². The first-order valence-corrected chi connectivity index (χ1v) is 4.92. The van der Waals surface area contributed by atoms with Gasteiger partial charge in [0.15, 0.2) is 0 Å². The number of methoxy groups -OCH3 is 2. The fourth-order valence-electron chi connectivity index (χ4n) is 2.01. The summed E-state index contributed by atoms with van der Waals surface area (Å²) in [5.41, 5.74) is 0. The molecule has 0 aromatic carbocycles. The summed E-state index contributed by atoms with van der Waals surface area (Å²) in [6.07, 6.45) is 0.489. The van der Waals surface area contributed by atoms with Crippen molar-refractivity contribution >= 4 is 11.9 Å². The number of carbonyl (C=O) groups is 2. The lowest BCUT2D eigenvalue weighted by Gasteiger charge is -2.29. The largest absolute Gasteiger partial charge is 0.469 e. The first-order chi connectivity index (χ1) is 7.08. The van der Waals surface area contributed by atoms with Crippen molar-refractivity contribution in [3.05, 3.63) is 0 Å². The third kappa shape index (κ3) is 2.92. The standard InChI is InChI=1S/C10H16O5/c1-14-9(12)6-3-7(10(13)15-2)5-8(11)4-6/h6-8,11H,3-5H2,1-2H3/t6-,7+,8-. The van der Waals surface area contributed by atoms with Gasteiger partial charge < -0.3 is 14.6 Å². The molecule has 1 aliphatic rings. The lowest BCUT2D eigenvalue weighted by Crippen LogP contribution is -2.35. The third-order valence-electron chi connectivity index (χ3n) is 2.75. The summed E-state index contributed by atoms with van der Waals surface area (Å²) in [5.74, 6) is -1.55. The molecule has 1 N–H and O–H groups in total. The van der Waals surface area contributed by atoms with Crippen molar-refractivity contribution < 1.29 is 24.2 Å². The molecule has 0 radical (unpaired) electrons. The lowest BCUT2D eigenvalue weighted by molar-refractivity contribution is -0.154. The molecule has 0 aliphatic heterocycles. The second-order valence-corrected chi connectivity index (χ2v) is 3.80. The van der Waals surface area contributed by atoms with Crippen molar-refractivity contribution in [2.24, 2.45) is 11.8 Å². The maximum atomic E-state index is 11.3. The van der Waals surface area contributed by atoms with Crippen LogP contribution in [0.3, 0.4) is 0 Å². The van der Waals surface area contributed by atoms with Gasteiger partial charge in [0.2, 0.25) is 0 Å². The molecule has 3 atom stereocenters. The molecule has 0 aromatic heterocycles. The number of ether oxygens (including phenoxy) is 2. The van der Waals surface area contributed by atoms with E-state index in [1.54, 1.807) is 0 Å². The maximum Gasteiger partial charge on any atom is 0.308 e. The van der Waals surface area contributed by atoms with Crippen LogP contribution in [0.5, 0.6) is 0 Å². The van der Waals surface area contributed by atoms with Crippen LogP contribution in [0, 0.1) is 11.8 Å². The van der Waals surface area contributed by atoms with Crippen LogP contribution in [-0.4, -0.2) is 37.4 Å². The van der Waals surface area contributed by atoms with E-state index in [1.165, 1.54) is 14.2 Å². The number of hydrogen-bond acceptors (Lipinski definition) is 5. The third-order valence-corrected chi connectivity index (χ3v) is 2.75. The molecule has 15 heavy (non-hydrogen) atoms. The van der Waals surface area contributed by atoms with Gasteiger partial charge in [0.05, 0.1) is 32.2 Å². The molecule has 0 unspecified atom stereocenters. The highest BCUT2D eigenvalue weighted by Gasteiger charge is 2.36. The van der Waals surface area contributed by atoms with Crippen molar-refractivity contribution in [1.82, 2.24) is 0 Å². The zero-order valence-corrected chi connectivity index (χ0v) is 8.93. The van der Waals surface area contributed by atoms with E-state index in [0.717, 1.165) is 0 Å². The average molecular weight is 216 g/mol. The van der Waals surface area contributed by atoms with Crippen LogP contribution in [0.15, 0.2) is 0 Å². The van der Waals surface area contributed by atoms with Gasteiger partial charge in [-0.25, -0.2) is 0 Å². The number of rotatable bonds is 2. The highest BCUT2D eigenvalue weighted by Crippen LogP contribution is 2.30. The number of esters is 2. The first kappa shape index (κ1) is 12.0. The fraction of sp³-hybridized carbons (Fsp3) is 0.800. The lowest BCUT2D eigenvalue weighted by atomic mass is 9.80. The Balaban J connectivity index is 2.63. The molecule has 0 amide bonds. The summed E-state index contributed by atoms with van der Waals surface area (Å²) in [4.78, 5) is 22.6. The number of aliphatic hydroxyl groups excluding tert-OH is 1. The maximum absolute atomic E-state index is 11.3. The Labute approximate surface area is 88.4 Å². The Morgan fingerprint density at radius 1 is 1.00 bits per heavy atom. The SMILES string of the molecule is COC(=O)[C@@H]1C[C@H](O)C[C@H](C(=O)OC)C1. The van der Waals surface area contributed by atoms with E-state index in [4.69, 9.17) is 0 Å². The van der Waals surface area contributed by atoms with E-state index in [-0.39, 0.29) is 11.9 Å². The Bertz CT molecular complexity index is 226. The van der Waals surface area contributed by atoms with Crippen molar-refractivity contribution in [2.45, 2.75) is 25.4 Å². The van der Waals surface area contributed by atoms with E-state index in [1.807, 2.05) is 0 Å². The van der Waals surface area contributed by atoms with E-state index in [0.29, 0.717) is 19.3 Å². The summed E-state index contributed by atoms with van der Waals surface area (Å²) < 4.78 is 9.20. The monoisotopic (exact) mass is 216 g/mol. The average Bonchev–Trinajstić information content (AvgIpc) is 2.26. The molecule has 0 saturated heterocycles. The highest BCUT2D eigenvalue weighted by molar-refractivity contribution is 5.76. The highest BCUT2D eigenvalue weighted by atomic mass is 16.5. The Kier molecular flexibility index (Phi) is 4.08. The number of carbonyl (C=O) groups excluding carboxylic acids is 2. The first-order valence-electron chi connectivity index (χ1n) is 4.92. The van der Waals surface area contributed by atoms with Crippen LogP contribution in [-0.2, 0) is 19.1 Å². The molecule has 1 saturated carbocycles. The van der Waals surface area contributed by atoms with Gasteiger partial charge in [-0.15, -0.1) is 0 Å². The van der Waals surface area contributed by atoms with Gasteiger partial charge in [0, 0.05) is 0 Å². The molecule has 1 rings (SSSR count). The van der Waals surface area contributed by atoms with E-state index in [9.17, 15) is 14.7 Å². The second-order valence-electron chi connectivity index (χ2n) is 3.80. The van der Waals surface area contributed by atoms with Crippen LogP contribution in [0.2, 0.25) is 0 Å². The molecule has 0 heterocycles. The van der Waals surface area contributed by atoms with Gasteiger partial charge in [-0.05, 0) is 19.3 Å². The molecule has 5 heteroatoms. The summed E-state index contributed by atoms with van der Waals surface area (Å²) in [5, 5.41) is 9.52. The smallest absolute Gasteiger partial charge is 0.308 e. The van der Waals surface area contributed by atoms with E-state index >= 15 is 0 Å². The Hall–Kier alpha value is -1.10. The molecule has 0 aromatic rings. The molecular formula is C10H16O5. The second kappa shape index (κ2) is 5.11. The van der Waals surface area contributed by atoms with Crippen LogP contribution in [0.25, 0.3) is 0 Å². The molecule has 5 nitrogen and oxygen atoms in total. The van der Waals surface area contributed by atoms with E-state index in [2.05, 4.69) is 9.47 Å².